The van der Waals surface area contributed by atoms with Gasteiger partial charge in [-0.1, -0.05) is 154 Å². The second kappa shape index (κ2) is 34.1. The van der Waals surface area contributed by atoms with Gasteiger partial charge < -0.3 is 14.6 Å². The van der Waals surface area contributed by atoms with Crippen molar-refractivity contribution in [1.29, 1.82) is 0 Å². The van der Waals surface area contributed by atoms with E-state index in [1.807, 2.05) is 0 Å². The Labute approximate surface area is 249 Å². The quantitative estimate of drug-likeness (QED) is 0.0501. The first-order chi connectivity index (χ1) is 19.7. The monoisotopic (exact) mass is 565 g/mol. The minimum atomic E-state index is -0.533. The number of aliphatic hydroxyl groups excluding tert-OH is 1. The fraction of sp³-hybridized carbons (Fsp3) is 0.861. The molecule has 40 heavy (non-hydrogen) atoms. The molecule has 1 unspecified atom stereocenters. The van der Waals surface area contributed by atoms with Gasteiger partial charge in [0.25, 0.3) is 0 Å². The van der Waals surface area contributed by atoms with Crippen LogP contribution in [-0.4, -0.2) is 37.0 Å². The van der Waals surface area contributed by atoms with E-state index in [1.165, 1.54) is 128 Å². The third-order valence-corrected chi connectivity index (χ3v) is 7.53. The predicted molar refractivity (Wildman–Crippen MR) is 173 cm³/mol. The van der Waals surface area contributed by atoms with Crippen molar-refractivity contribution in [3.05, 3.63) is 24.3 Å². The number of unbranched alkanes of at least 4 members (excludes halogenated alkanes) is 20. The summed E-state index contributed by atoms with van der Waals surface area (Å²) < 4.78 is 11.1. The smallest absolute Gasteiger partial charge is 0.306 e. The summed E-state index contributed by atoms with van der Waals surface area (Å²) in [5, 5.41) is 9.53. The van der Waals surface area contributed by atoms with Crippen LogP contribution in [0, 0.1) is 0 Å². The minimum absolute atomic E-state index is 0.173. The van der Waals surface area contributed by atoms with Crippen LogP contribution in [0.3, 0.4) is 0 Å². The van der Waals surface area contributed by atoms with Gasteiger partial charge in [0, 0.05) is 13.0 Å². The highest BCUT2D eigenvalue weighted by atomic mass is 16.6. The number of hydrogen-bond acceptors (Lipinski definition) is 4. The molecule has 0 aliphatic rings. The number of allylic oxidation sites excluding steroid dienone is 4. The van der Waals surface area contributed by atoms with Crippen molar-refractivity contribution in [3.8, 4) is 0 Å². The maximum absolute atomic E-state index is 12.1. The van der Waals surface area contributed by atoms with Crippen molar-refractivity contribution >= 4 is 5.97 Å². The van der Waals surface area contributed by atoms with Crippen molar-refractivity contribution in [1.82, 2.24) is 0 Å². The van der Waals surface area contributed by atoms with Crippen molar-refractivity contribution in [3.63, 3.8) is 0 Å². The molecule has 0 heterocycles. The first kappa shape index (κ1) is 38.9. The van der Waals surface area contributed by atoms with Gasteiger partial charge in [-0.3, -0.25) is 4.79 Å². The molecule has 1 atom stereocenters. The molecule has 0 rings (SSSR count). The summed E-state index contributed by atoms with van der Waals surface area (Å²) in [4.78, 5) is 12.1. The standard InChI is InChI=1S/C36H68O4/c1-3-5-7-9-11-13-15-17-18-20-22-24-26-28-30-32-39-34-35(33-37)40-36(38)31-29-27-25-23-21-19-16-14-12-10-8-6-4-2/h9,11,15,17,35,37H,3-8,10,12-14,16,18-34H2,1-2H3/b11-9-,17-15-. The lowest BCUT2D eigenvalue weighted by Gasteiger charge is -2.15. The highest BCUT2D eigenvalue weighted by Gasteiger charge is 2.13. The van der Waals surface area contributed by atoms with Crippen LogP contribution in [0.25, 0.3) is 0 Å². The lowest BCUT2D eigenvalue weighted by atomic mass is 10.0. The molecular weight excluding hydrogens is 496 g/mol. The first-order valence-electron chi connectivity index (χ1n) is 17.4. The van der Waals surface area contributed by atoms with Crippen LogP contribution in [0.5, 0.6) is 0 Å². The summed E-state index contributed by atoms with van der Waals surface area (Å²) in [6.07, 6.45) is 39.2. The summed E-state index contributed by atoms with van der Waals surface area (Å²) in [5.74, 6) is -0.205. The Morgan fingerprint density at radius 1 is 0.600 bits per heavy atom. The molecule has 1 N–H and O–H groups in total. The van der Waals surface area contributed by atoms with Crippen LogP contribution in [0.4, 0.5) is 0 Å². The van der Waals surface area contributed by atoms with E-state index in [2.05, 4.69) is 38.2 Å². The van der Waals surface area contributed by atoms with Crippen LogP contribution >= 0.6 is 0 Å². The normalized spacial score (nSPS) is 12.6. The van der Waals surface area contributed by atoms with Gasteiger partial charge in [-0.15, -0.1) is 0 Å². The highest BCUT2D eigenvalue weighted by Crippen LogP contribution is 2.13. The van der Waals surface area contributed by atoms with E-state index in [0.29, 0.717) is 19.6 Å². The van der Waals surface area contributed by atoms with Crippen molar-refractivity contribution in [2.45, 2.75) is 180 Å². The Balaban J connectivity index is 3.45. The van der Waals surface area contributed by atoms with E-state index in [0.717, 1.165) is 25.7 Å². The lowest BCUT2D eigenvalue weighted by molar-refractivity contribution is -0.154. The summed E-state index contributed by atoms with van der Waals surface area (Å²) in [6.45, 7) is 5.29. The zero-order valence-electron chi connectivity index (χ0n) is 26.9. The fourth-order valence-electron chi connectivity index (χ4n) is 4.87. The van der Waals surface area contributed by atoms with E-state index in [9.17, 15) is 9.90 Å². The molecule has 0 radical (unpaired) electrons. The summed E-state index contributed by atoms with van der Waals surface area (Å²) in [6, 6.07) is 0. The van der Waals surface area contributed by atoms with Gasteiger partial charge in [-0.05, 0) is 38.5 Å². The molecule has 4 heteroatoms. The minimum Gasteiger partial charge on any atom is -0.457 e. The van der Waals surface area contributed by atoms with E-state index in [4.69, 9.17) is 9.47 Å². The van der Waals surface area contributed by atoms with E-state index < -0.39 is 6.10 Å². The second-order valence-corrected chi connectivity index (χ2v) is 11.6. The molecule has 236 valence electrons. The number of hydrogen-bond donors (Lipinski definition) is 1. The zero-order chi connectivity index (χ0) is 29.2. The Kier molecular flexibility index (Phi) is 33.1. The third-order valence-electron chi connectivity index (χ3n) is 7.53. The maximum Gasteiger partial charge on any atom is 0.306 e. The molecular formula is C36H68O4. The fourth-order valence-corrected chi connectivity index (χ4v) is 4.87. The van der Waals surface area contributed by atoms with Crippen LogP contribution in [0.15, 0.2) is 24.3 Å². The first-order valence-corrected chi connectivity index (χ1v) is 17.4. The molecule has 0 aromatic heterocycles. The maximum atomic E-state index is 12.1. The summed E-state index contributed by atoms with van der Waals surface area (Å²) >= 11 is 0. The zero-order valence-corrected chi connectivity index (χ0v) is 26.9. The number of carbonyl (C=O) groups excluding carboxylic acids is 1. The number of rotatable bonds is 32. The molecule has 0 saturated heterocycles. The average Bonchev–Trinajstić information content (AvgIpc) is 2.96. The van der Waals surface area contributed by atoms with Gasteiger partial charge in [0.05, 0.1) is 13.2 Å². The molecule has 0 aromatic rings. The number of aliphatic hydroxyl groups is 1. The summed E-state index contributed by atoms with van der Waals surface area (Å²) in [5.41, 5.74) is 0. The van der Waals surface area contributed by atoms with Crippen molar-refractivity contribution in [2.75, 3.05) is 19.8 Å². The van der Waals surface area contributed by atoms with E-state index in [1.54, 1.807) is 0 Å². The van der Waals surface area contributed by atoms with Crippen LogP contribution < -0.4 is 0 Å². The van der Waals surface area contributed by atoms with Crippen LogP contribution in [0.2, 0.25) is 0 Å². The van der Waals surface area contributed by atoms with Gasteiger partial charge in [0.2, 0.25) is 0 Å². The summed E-state index contributed by atoms with van der Waals surface area (Å²) in [7, 11) is 0. The molecule has 0 aromatic carbocycles. The largest absolute Gasteiger partial charge is 0.457 e. The lowest BCUT2D eigenvalue weighted by Crippen LogP contribution is -2.27. The molecule has 0 aliphatic carbocycles. The molecule has 0 aliphatic heterocycles. The van der Waals surface area contributed by atoms with Crippen LogP contribution in [-0.2, 0) is 14.3 Å². The Hall–Kier alpha value is -1.13. The van der Waals surface area contributed by atoms with Crippen molar-refractivity contribution < 1.29 is 19.4 Å². The Morgan fingerprint density at radius 3 is 1.62 bits per heavy atom. The van der Waals surface area contributed by atoms with Crippen LogP contribution in [0.1, 0.15) is 174 Å². The SMILES string of the molecule is CCCC/C=C\C/C=C\CCCCCCCCOCC(CO)OC(=O)CCCCCCCCCCCCCCC. The molecule has 0 fully saturated rings. The molecule has 0 amide bonds. The highest BCUT2D eigenvalue weighted by molar-refractivity contribution is 5.69. The van der Waals surface area contributed by atoms with Gasteiger partial charge in [-0.2, -0.15) is 0 Å². The van der Waals surface area contributed by atoms with Gasteiger partial charge in [-0.25, -0.2) is 0 Å². The van der Waals surface area contributed by atoms with E-state index in [-0.39, 0.29) is 12.6 Å². The van der Waals surface area contributed by atoms with Gasteiger partial charge in [0.1, 0.15) is 6.10 Å². The van der Waals surface area contributed by atoms with Crippen molar-refractivity contribution in [2.24, 2.45) is 0 Å². The molecule has 0 saturated carbocycles. The Morgan fingerprint density at radius 2 is 1.07 bits per heavy atom. The molecule has 0 bridgehead atoms. The second-order valence-electron chi connectivity index (χ2n) is 11.6. The average molecular weight is 565 g/mol. The predicted octanol–water partition coefficient (Wildman–Crippen LogP) is 10.8. The number of esters is 1. The molecule has 0 spiro atoms. The van der Waals surface area contributed by atoms with Gasteiger partial charge in [0.15, 0.2) is 0 Å². The number of ether oxygens (including phenoxy) is 2. The molecule has 4 nitrogen and oxygen atoms in total. The van der Waals surface area contributed by atoms with Gasteiger partial charge >= 0.3 is 5.97 Å². The Bertz CT molecular complexity index is 557. The number of carbonyl (C=O) groups is 1. The topological polar surface area (TPSA) is 55.8 Å². The third kappa shape index (κ3) is 31.4. The van der Waals surface area contributed by atoms with E-state index >= 15 is 0 Å².